The Hall–Kier alpha value is -0.908. The molecular weight excluding hydrogens is 389 g/mol. The van der Waals surface area contributed by atoms with E-state index in [2.05, 4.69) is 59.7 Å². The number of nitrogens with zero attached hydrogens (tertiary/aromatic N) is 1. The summed E-state index contributed by atoms with van der Waals surface area (Å²) < 4.78 is 0. The molecule has 3 heteroatoms. The molecule has 0 amide bonds. The van der Waals surface area contributed by atoms with E-state index in [0.717, 1.165) is 11.4 Å². The van der Waals surface area contributed by atoms with Crippen molar-refractivity contribution >= 4 is 11.4 Å². The Bertz CT molecular complexity index is 486. The number of aliphatic imine (C=N–C) groups is 1. The third-order valence-electron chi connectivity index (χ3n) is 3.05. The van der Waals surface area contributed by atoms with Gasteiger partial charge in [0.2, 0.25) is 0 Å². The minimum atomic E-state index is 0. The van der Waals surface area contributed by atoms with Gasteiger partial charge in [0.1, 0.15) is 0 Å². The molecule has 1 N–H and O–H groups in total. The Morgan fingerprint density at radius 3 is 1.71 bits per heavy atom. The minimum Gasteiger partial charge on any atom is -0.513 e. The normalized spacial score (nSPS) is 11.4. The molecule has 0 aliphatic rings. The van der Waals surface area contributed by atoms with Crippen LogP contribution in [0.1, 0.15) is 84.8 Å². The van der Waals surface area contributed by atoms with Gasteiger partial charge in [0.25, 0.3) is 0 Å². The van der Waals surface area contributed by atoms with E-state index in [9.17, 15) is 5.11 Å². The summed E-state index contributed by atoms with van der Waals surface area (Å²) >= 11 is 0. The van der Waals surface area contributed by atoms with Gasteiger partial charge in [-0.2, -0.15) is 0 Å². The molecule has 0 fully saturated rings. The fraction of sp³-hybridized carbons (Fsp3) is 0.524. The largest absolute Gasteiger partial charge is 0.513 e. The van der Waals surface area contributed by atoms with E-state index < -0.39 is 0 Å². The zero-order chi connectivity index (χ0) is 17.3. The van der Waals surface area contributed by atoms with Gasteiger partial charge >= 0.3 is 0 Å². The SMILES string of the molecule is CC(O)=CC(C)=Nc1c(C(C)C)cccc1C(C)C.CCC.[CH3-].[Pd]. The molecule has 142 valence electrons. The van der Waals surface area contributed by atoms with Crippen molar-refractivity contribution in [3.63, 3.8) is 0 Å². The third-order valence-corrected chi connectivity index (χ3v) is 3.05. The first kappa shape index (κ1) is 27.9. The average Bonchev–Trinajstić information content (AvgIpc) is 2.38. The summed E-state index contributed by atoms with van der Waals surface area (Å²) in [5.41, 5.74) is 4.40. The molecule has 0 unspecified atom stereocenters. The van der Waals surface area contributed by atoms with Crippen molar-refractivity contribution in [1.29, 1.82) is 0 Å². The van der Waals surface area contributed by atoms with E-state index >= 15 is 0 Å². The van der Waals surface area contributed by atoms with Crippen molar-refractivity contribution in [2.24, 2.45) is 4.99 Å². The van der Waals surface area contributed by atoms with Crippen LogP contribution < -0.4 is 0 Å². The molecule has 2 nitrogen and oxygen atoms in total. The first-order valence-electron chi connectivity index (χ1n) is 8.29. The van der Waals surface area contributed by atoms with Crippen LogP contribution in [0.2, 0.25) is 0 Å². The molecule has 0 bridgehead atoms. The number of para-hydroxylation sites is 1. The van der Waals surface area contributed by atoms with E-state index in [1.807, 2.05) is 6.92 Å². The van der Waals surface area contributed by atoms with Crippen LogP contribution in [0.3, 0.4) is 0 Å². The smallest absolute Gasteiger partial charge is 0.0909 e. The van der Waals surface area contributed by atoms with Gasteiger partial charge in [0.15, 0.2) is 0 Å². The molecule has 24 heavy (non-hydrogen) atoms. The van der Waals surface area contributed by atoms with Crippen molar-refractivity contribution in [3.05, 3.63) is 48.6 Å². The first-order chi connectivity index (χ1) is 10.2. The predicted octanol–water partition coefficient (Wildman–Crippen LogP) is 7.35. The molecule has 0 aliphatic carbocycles. The number of hydrogen-bond acceptors (Lipinski definition) is 2. The molecule has 0 saturated heterocycles. The number of rotatable bonds is 4. The van der Waals surface area contributed by atoms with Gasteiger partial charge < -0.3 is 12.5 Å². The third kappa shape index (κ3) is 10.1. The summed E-state index contributed by atoms with van der Waals surface area (Å²) in [6.07, 6.45) is 2.95. The fourth-order valence-electron chi connectivity index (χ4n) is 2.15. The monoisotopic (exact) mass is 424 g/mol. The van der Waals surface area contributed by atoms with E-state index in [1.165, 1.54) is 17.5 Å². The molecule has 1 aromatic carbocycles. The van der Waals surface area contributed by atoms with Crippen LogP contribution >= 0.6 is 0 Å². The van der Waals surface area contributed by atoms with Crippen LogP contribution in [0, 0.1) is 7.43 Å². The predicted molar refractivity (Wildman–Crippen MR) is 106 cm³/mol. The Balaban J connectivity index is -0.000000818. The molecule has 0 spiro atoms. The van der Waals surface area contributed by atoms with E-state index in [4.69, 9.17) is 4.99 Å². The van der Waals surface area contributed by atoms with Crippen molar-refractivity contribution in [2.45, 2.75) is 73.6 Å². The summed E-state index contributed by atoms with van der Waals surface area (Å²) in [6, 6.07) is 6.38. The maximum atomic E-state index is 9.34. The Labute approximate surface area is 164 Å². The van der Waals surface area contributed by atoms with Crippen LogP contribution in [0.5, 0.6) is 0 Å². The zero-order valence-corrected chi connectivity index (χ0v) is 18.4. The molecule has 0 saturated carbocycles. The maximum Gasteiger partial charge on any atom is 0.0909 e. The van der Waals surface area contributed by atoms with E-state index in [1.54, 1.807) is 13.0 Å². The molecule has 0 heterocycles. The van der Waals surface area contributed by atoms with Crippen molar-refractivity contribution in [3.8, 4) is 0 Å². The van der Waals surface area contributed by atoms with Gasteiger partial charge in [0.05, 0.1) is 11.4 Å². The van der Waals surface area contributed by atoms with Gasteiger partial charge in [-0.3, -0.25) is 4.99 Å². The van der Waals surface area contributed by atoms with Gasteiger partial charge in [-0.25, -0.2) is 0 Å². The quantitative estimate of drug-likeness (QED) is 0.233. The summed E-state index contributed by atoms with van der Waals surface area (Å²) in [7, 11) is 0. The van der Waals surface area contributed by atoms with Gasteiger partial charge in [-0.15, -0.1) is 0 Å². The number of aliphatic hydroxyl groups excluding tert-OH is 1. The molecule has 1 aromatic rings. The number of allylic oxidation sites excluding steroid dienone is 2. The van der Waals surface area contributed by atoms with Crippen molar-refractivity contribution < 1.29 is 25.5 Å². The second kappa shape index (κ2) is 14.4. The standard InChI is InChI=1S/C17H25NO.C3H8.CH3.Pd/c1-11(2)15-8-7-9-16(12(3)4)17(15)18-13(5)10-14(6)19;1-3-2;;/h7-12,19H,1-6H3;3H2,1-2H3;1H3;/q;;-1;. The number of benzene rings is 1. The van der Waals surface area contributed by atoms with Gasteiger partial charge in [0, 0.05) is 26.1 Å². The Kier molecular flexibility index (Phi) is 16.8. The van der Waals surface area contributed by atoms with E-state index in [-0.39, 0.29) is 33.6 Å². The second-order valence-electron chi connectivity index (χ2n) is 6.34. The van der Waals surface area contributed by atoms with Crippen molar-refractivity contribution in [1.82, 2.24) is 0 Å². The maximum absolute atomic E-state index is 9.34. The number of aliphatic hydroxyl groups is 1. The molecular formula is C21H36NOPd-. The fourth-order valence-corrected chi connectivity index (χ4v) is 2.15. The minimum absolute atomic E-state index is 0. The molecule has 1 rings (SSSR count). The van der Waals surface area contributed by atoms with Crippen LogP contribution in [0.25, 0.3) is 0 Å². The van der Waals surface area contributed by atoms with Crippen LogP contribution in [-0.4, -0.2) is 10.8 Å². The summed E-state index contributed by atoms with van der Waals surface area (Å²) in [5.74, 6) is 1.16. The van der Waals surface area contributed by atoms with Gasteiger partial charge in [-0.05, 0) is 42.9 Å². The summed E-state index contributed by atoms with van der Waals surface area (Å²) in [4.78, 5) is 4.72. The first-order valence-corrected chi connectivity index (χ1v) is 8.29. The molecule has 0 aromatic heterocycles. The van der Waals surface area contributed by atoms with Crippen LogP contribution in [0.4, 0.5) is 5.69 Å². The summed E-state index contributed by atoms with van der Waals surface area (Å²) in [5, 5.41) is 9.34. The summed E-state index contributed by atoms with van der Waals surface area (Å²) in [6.45, 7) is 16.6. The van der Waals surface area contributed by atoms with Crippen LogP contribution in [-0.2, 0) is 20.4 Å². The topological polar surface area (TPSA) is 32.6 Å². The average molecular weight is 425 g/mol. The molecule has 0 aliphatic heterocycles. The van der Waals surface area contributed by atoms with Crippen LogP contribution in [0.15, 0.2) is 35.0 Å². The van der Waals surface area contributed by atoms with Crippen molar-refractivity contribution in [2.75, 3.05) is 0 Å². The van der Waals surface area contributed by atoms with Gasteiger partial charge in [-0.1, -0.05) is 66.2 Å². The Morgan fingerprint density at radius 1 is 1.04 bits per heavy atom. The van der Waals surface area contributed by atoms with E-state index in [0.29, 0.717) is 11.8 Å². The number of hydrogen-bond donors (Lipinski definition) is 1. The molecule has 0 radical (unpaired) electrons. The molecule has 0 atom stereocenters. The second-order valence-corrected chi connectivity index (χ2v) is 6.34. The zero-order valence-electron chi connectivity index (χ0n) is 16.9. The Morgan fingerprint density at radius 2 is 1.42 bits per heavy atom.